The van der Waals surface area contributed by atoms with Gasteiger partial charge in [-0.2, -0.15) is 0 Å². The summed E-state index contributed by atoms with van der Waals surface area (Å²) in [4.78, 5) is 16.9. The van der Waals surface area contributed by atoms with E-state index in [1.54, 1.807) is 7.05 Å². The molecular weight excluding hydrogens is 228 g/mol. The number of urea groups is 1. The van der Waals surface area contributed by atoms with Gasteiger partial charge in [0, 0.05) is 20.6 Å². The average molecular weight is 246 g/mol. The molecule has 0 saturated carbocycles. The monoisotopic (exact) mass is 246 g/mol. The van der Waals surface area contributed by atoms with Crippen molar-refractivity contribution in [1.82, 2.24) is 14.5 Å². The molecule has 1 heterocycles. The van der Waals surface area contributed by atoms with Crippen molar-refractivity contribution in [1.29, 1.82) is 0 Å². The van der Waals surface area contributed by atoms with Gasteiger partial charge >= 0.3 is 6.03 Å². The Bertz CT molecular complexity index is 588. The molecule has 0 spiro atoms. The number of primary amides is 1. The minimum Gasteiger partial charge on any atom is -0.351 e. The number of likely N-dealkylation sites (N-methyl/N-ethyl adjacent to an activating group) is 1. The third-order valence-corrected chi connectivity index (χ3v) is 3.28. The Labute approximate surface area is 106 Å². The summed E-state index contributed by atoms with van der Waals surface area (Å²) >= 11 is 0. The molecule has 0 radical (unpaired) electrons. The van der Waals surface area contributed by atoms with Crippen molar-refractivity contribution in [3.8, 4) is 0 Å². The van der Waals surface area contributed by atoms with Gasteiger partial charge in [0.25, 0.3) is 0 Å². The van der Waals surface area contributed by atoms with Crippen LogP contribution in [0.15, 0.2) is 18.2 Å². The normalized spacial score (nSPS) is 10.8. The molecule has 5 nitrogen and oxygen atoms in total. The van der Waals surface area contributed by atoms with Crippen LogP contribution in [-0.4, -0.2) is 34.1 Å². The van der Waals surface area contributed by atoms with E-state index in [4.69, 9.17) is 5.73 Å². The van der Waals surface area contributed by atoms with Crippen LogP contribution in [0.2, 0.25) is 0 Å². The number of fused-ring (bicyclic) bond motifs is 1. The molecule has 5 heteroatoms. The molecule has 0 aliphatic carbocycles. The van der Waals surface area contributed by atoms with Crippen molar-refractivity contribution in [3.05, 3.63) is 29.6 Å². The minimum absolute atomic E-state index is 0.398. The van der Waals surface area contributed by atoms with Crippen LogP contribution in [0.4, 0.5) is 4.79 Å². The zero-order chi connectivity index (χ0) is 13.3. The number of nitrogens with zero attached hydrogens (tertiary/aromatic N) is 3. The molecular formula is C13H18N4O. The SMILES string of the molecule is Cc1nc2cc(CCN(C)C(N)=O)ccc2n1C. The summed E-state index contributed by atoms with van der Waals surface area (Å²) in [5.41, 5.74) is 8.47. The van der Waals surface area contributed by atoms with Crippen LogP contribution in [0.3, 0.4) is 0 Å². The summed E-state index contributed by atoms with van der Waals surface area (Å²) in [6, 6.07) is 5.80. The Morgan fingerprint density at radius 1 is 1.50 bits per heavy atom. The molecule has 0 aliphatic heterocycles. The van der Waals surface area contributed by atoms with Crippen LogP contribution in [0.1, 0.15) is 11.4 Å². The summed E-state index contributed by atoms with van der Waals surface area (Å²) in [6.45, 7) is 2.60. The van der Waals surface area contributed by atoms with Gasteiger partial charge in [0.15, 0.2) is 0 Å². The van der Waals surface area contributed by atoms with Gasteiger partial charge in [-0.3, -0.25) is 0 Å². The van der Waals surface area contributed by atoms with Gasteiger partial charge in [-0.05, 0) is 31.0 Å². The smallest absolute Gasteiger partial charge is 0.314 e. The first kappa shape index (κ1) is 12.4. The second kappa shape index (κ2) is 4.68. The minimum atomic E-state index is -0.398. The van der Waals surface area contributed by atoms with Crippen molar-refractivity contribution in [2.75, 3.05) is 13.6 Å². The molecule has 18 heavy (non-hydrogen) atoms. The molecule has 96 valence electrons. The third-order valence-electron chi connectivity index (χ3n) is 3.28. The summed E-state index contributed by atoms with van der Waals surface area (Å²) in [7, 11) is 3.71. The Morgan fingerprint density at radius 2 is 2.22 bits per heavy atom. The number of benzene rings is 1. The molecule has 2 N–H and O–H groups in total. The highest BCUT2D eigenvalue weighted by Crippen LogP contribution is 2.16. The van der Waals surface area contributed by atoms with Gasteiger partial charge in [-0.25, -0.2) is 9.78 Å². The first-order chi connectivity index (χ1) is 8.49. The van der Waals surface area contributed by atoms with Gasteiger partial charge in [0.1, 0.15) is 5.82 Å². The highest BCUT2D eigenvalue weighted by atomic mass is 16.2. The maximum absolute atomic E-state index is 10.9. The maximum atomic E-state index is 10.9. The lowest BCUT2D eigenvalue weighted by atomic mass is 10.1. The molecule has 0 unspecified atom stereocenters. The molecule has 1 aromatic heterocycles. The van der Waals surface area contributed by atoms with E-state index >= 15 is 0 Å². The van der Waals surface area contributed by atoms with Gasteiger partial charge < -0.3 is 15.2 Å². The Hall–Kier alpha value is -2.04. The number of aromatic nitrogens is 2. The fraction of sp³-hybridized carbons (Fsp3) is 0.385. The fourth-order valence-electron chi connectivity index (χ4n) is 1.93. The van der Waals surface area contributed by atoms with Gasteiger partial charge in [-0.1, -0.05) is 6.07 Å². The van der Waals surface area contributed by atoms with E-state index in [2.05, 4.69) is 27.8 Å². The molecule has 2 rings (SSSR count). The van der Waals surface area contributed by atoms with Crippen molar-refractivity contribution in [2.45, 2.75) is 13.3 Å². The second-order valence-electron chi connectivity index (χ2n) is 4.55. The highest BCUT2D eigenvalue weighted by Gasteiger charge is 2.06. The predicted molar refractivity (Wildman–Crippen MR) is 71.4 cm³/mol. The first-order valence-corrected chi connectivity index (χ1v) is 5.91. The number of carbonyl (C=O) groups excluding carboxylic acids is 1. The Morgan fingerprint density at radius 3 is 2.89 bits per heavy atom. The summed E-state index contributed by atoms with van der Waals surface area (Å²) < 4.78 is 2.06. The van der Waals surface area contributed by atoms with E-state index in [0.717, 1.165) is 28.8 Å². The maximum Gasteiger partial charge on any atom is 0.314 e. The van der Waals surface area contributed by atoms with E-state index in [0.29, 0.717) is 6.54 Å². The zero-order valence-corrected chi connectivity index (χ0v) is 11.0. The van der Waals surface area contributed by atoms with Gasteiger partial charge in [-0.15, -0.1) is 0 Å². The first-order valence-electron chi connectivity index (χ1n) is 5.91. The summed E-state index contributed by atoms with van der Waals surface area (Å²) in [5.74, 6) is 0.997. The number of hydrogen-bond acceptors (Lipinski definition) is 2. The summed E-state index contributed by atoms with van der Waals surface area (Å²) in [5, 5.41) is 0. The average Bonchev–Trinajstić information content (AvgIpc) is 2.61. The highest BCUT2D eigenvalue weighted by molar-refractivity contribution is 5.76. The van der Waals surface area contributed by atoms with Gasteiger partial charge in [0.05, 0.1) is 11.0 Å². The molecule has 2 aromatic rings. The molecule has 1 aromatic carbocycles. The number of amides is 2. The number of rotatable bonds is 3. The molecule has 0 atom stereocenters. The third kappa shape index (κ3) is 2.30. The number of hydrogen-bond donors (Lipinski definition) is 1. The van der Waals surface area contributed by atoms with Crippen molar-refractivity contribution >= 4 is 17.1 Å². The van der Waals surface area contributed by atoms with Crippen LogP contribution in [0.25, 0.3) is 11.0 Å². The van der Waals surface area contributed by atoms with Crippen LogP contribution < -0.4 is 5.73 Å². The quantitative estimate of drug-likeness (QED) is 0.890. The van der Waals surface area contributed by atoms with Gasteiger partial charge in [0.2, 0.25) is 0 Å². The lowest BCUT2D eigenvalue weighted by Gasteiger charge is -2.13. The topological polar surface area (TPSA) is 64.2 Å². The lowest BCUT2D eigenvalue weighted by molar-refractivity contribution is 0.219. The Balaban J connectivity index is 2.18. The molecule has 0 bridgehead atoms. The molecule has 0 aliphatic rings. The number of nitrogens with two attached hydrogens (primary N) is 1. The number of carbonyl (C=O) groups is 1. The molecule has 0 saturated heterocycles. The number of aryl methyl sites for hydroxylation is 2. The van der Waals surface area contributed by atoms with Crippen LogP contribution in [0.5, 0.6) is 0 Å². The molecule has 0 fully saturated rings. The zero-order valence-electron chi connectivity index (χ0n) is 11.0. The predicted octanol–water partition coefficient (Wildman–Crippen LogP) is 1.43. The second-order valence-corrected chi connectivity index (χ2v) is 4.55. The fourth-order valence-corrected chi connectivity index (χ4v) is 1.93. The standard InChI is InChI=1S/C13H18N4O/c1-9-15-11-8-10(4-5-12(11)17(9)3)6-7-16(2)13(14)18/h4-5,8H,6-7H2,1-3H3,(H2,14,18). The van der Waals surface area contributed by atoms with Crippen LogP contribution >= 0.6 is 0 Å². The van der Waals surface area contributed by atoms with E-state index < -0.39 is 6.03 Å². The van der Waals surface area contributed by atoms with Crippen molar-refractivity contribution in [3.63, 3.8) is 0 Å². The van der Waals surface area contributed by atoms with Crippen LogP contribution in [-0.2, 0) is 13.5 Å². The van der Waals surface area contributed by atoms with E-state index in [-0.39, 0.29) is 0 Å². The molecule has 2 amide bonds. The number of imidazole rings is 1. The lowest BCUT2D eigenvalue weighted by Crippen LogP contribution is -2.33. The van der Waals surface area contributed by atoms with Crippen molar-refractivity contribution < 1.29 is 4.79 Å². The van der Waals surface area contributed by atoms with Crippen LogP contribution in [0, 0.1) is 6.92 Å². The van der Waals surface area contributed by atoms with E-state index in [1.807, 2.05) is 14.0 Å². The Kier molecular flexibility index (Phi) is 3.23. The van der Waals surface area contributed by atoms with E-state index in [9.17, 15) is 4.79 Å². The van der Waals surface area contributed by atoms with E-state index in [1.165, 1.54) is 4.90 Å². The largest absolute Gasteiger partial charge is 0.351 e. The van der Waals surface area contributed by atoms with Crippen molar-refractivity contribution in [2.24, 2.45) is 12.8 Å². The summed E-state index contributed by atoms with van der Waals surface area (Å²) in [6.07, 6.45) is 0.783.